The number of aryl methyl sites for hydroxylation is 1. The molecule has 0 atom stereocenters. The van der Waals surface area contributed by atoms with Gasteiger partial charge in [-0.05, 0) is 28.4 Å². The van der Waals surface area contributed by atoms with Crippen LogP contribution in [-0.2, 0) is 28.1 Å². The third-order valence-electron chi connectivity index (χ3n) is 7.74. The molecule has 0 spiro atoms. The molecule has 0 aliphatic heterocycles. The van der Waals surface area contributed by atoms with Gasteiger partial charge in [-0.1, -0.05) is 84.4 Å². The van der Waals surface area contributed by atoms with Crippen LogP contribution in [-0.4, -0.2) is 23.9 Å². The Bertz CT molecular complexity index is 2150. The van der Waals surface area contributed by atoms with Crippen molar-refractivity contribution >= 4 is 21.8 Å². The molecule has 5 aromatic carbocycles. The normalized spacial score (nSPS) is 11.2. The van der Waals surface area contributed by atoms with Crippen molar-refractivity contribution in [2.24, 2.45) is 7.05 Å². The molecule has 0 radical (unpaired) electrons. The monoisotopic (exact) mass is 734 g/mol. The van der Waals surface area contributed by atoms with Gasteiger partial charge in [-0.15, -0.1) is 47.3 Å². The van der Waals surface area contributed by atoms with Crippen LogP contribution in [0.15, 0.2) is 134 Å². The van der Waals surface area contributed by atoms with E-state index in [-0.39, 0.29) is 21.1 Å². The summed E-state index contributed by atoms with van der Waals surface area (Å²) in [6, 6.07) is 47.1. The zero-order chi connectivity index (χ0) is 28.0. The van der Waals surface area contributed by atoms with Gasteiger partial charge in [0, 0.05) is 42.3 Å². The van der Waals surface area contributed by atoms with Crippen molar-refractivity contribution in [3.63, 3.8) is 0 Å². The van der Waals surface area contributed by atoms with Gasteiger partial charge >= 0.3 is 21.1 Å². The molecular weight excluding hydrogens is 710 g/mol. The standard InChI is InChI=1S/C37H25N5.Pt/c1-40-22-21-38-37(40)28-15-10-16-30(23-28)42-34-18-9-8-17-31(34)32-20-19-29(24-35(32)42)41-25-33(26-11-4-2-5-12-26)36(39-41)27-13-6-3-7-14-27;/h2-22,25H,1H3;/q-2;+2. The summed E-state index contributed by atoms with van der Waals surface area (Å²) in [5.41, 5.74) is 9.03. The van der Waals surface area contributed by atoms with E-state index in [1.165, 1.54) is 5.39 Å². The average Bonchev–Trinajstić information content (AvgIpc) is 3.77. The van der Waals surface area contributed by atoms with Gasteiger partial charge < -0.3 is 9.13 Å². The second kappa shape index (κ2) is 11.0. The minimum absolute atomic E-state index is 0. The number of benzene rings is 5. The van der Waals surface area contributed by atoms with Crippen molar-refractivity contribution in [3.8, 4) is 45.1 Å². The number of aromatic nitrogens is 5. The Kier molecular flexibility index (Phi) is 6.88. The molecule has 3 heterocycles. The van der Waals surface area contributed by atoms with Gasteiger partial charge in [0.1, 0.15) is 5.69 Å². The molecule has 0 amide bonds. The Morgan fingerprint density at radius 3 is 2.16 bits per heavy atom. The Balaban J connectivity index is 0.00000300. The third-order valence-corrected chi connectivity index (χ3v) is 7.74. The van der Waals surface area contributed by atoms with E-state index in [1.54, 1.807) is 0 Å². The fourth-order valence-corrected chi connectivity index (χ4v) is 5.74. The fourth-order valence-electron chi connectivity index (χ4n) is 5.74. The molecule has 8 rings (SSSR count). The van der Waals surface area contributed by atoms with Gasteiger partial charge in [0.25, 0.3) is 0 Å². The molecule has 0 bridgehead atoms. The first-order valence-corrected chi connectivity index (χ1v) is 13.9. The van der Waals surface area contributed by atoms with Crippen molar-refractivity contribution in [1.29, 1.82) is 0 Å². The molecule has 0 saturated carbocycles. The Hall–Kier alpha value is -4.99. The van der Waals surface area contributed by atoms with Crippen LogP contribution in [0.1, 0.15) is 0 Å². The van der Waals surface area contributed by atoms with Gasteiger partial charge in [-0.3, -0.25) is 9.67 Å². The minimum Gasteiger partial charge on any atom is -0.373 e. The number of imidazole rings is 1. The maximum absolute atomic E-state index is 5.11. The molecule has 6 heteroatoms. The predicted octanol–water partition coefficient (Wildman–Crippen LogP) is 8.30. The van der Waals surface area contributed by atoms with Gasteiger partial charge in [0.15, 0.2) is 0 Å². The van der Waals surface area contributed by atoms with E-state index in [4.69, 9.17) is 5.10 Å². The van der Waals surface area contributed by atoms with Crippen LogP contribution < -0.4 is 0 Å². The zero-order valence-electron chi connectivity index (χ0n) is 23.3. The Morgan fingerprint density at radius 2 is 1.40 bits per heavy atom. The molecule has 0 saturated heterocycles. The third kappa shape index (κ3) is 4.63. The fraction of sp³-hybridized carbons (Fsp3) is 0.0270. The molecule has 8 aromatic rings. The van der Waals surface area contributed by atoms with Crippen molar-refractivity contribution in [3.05, 3.63) is 146 Å². The van der Waals surface area contributed by atoms with Gasteiger partial charge in [0.2, 0.25) is 0 Å². The maximum Gasteiger partial charge on any atom is 2.00 e. The first-order chi connectivity index (χ1) is 20.7. The predicted molar refractivity (Wildman–Crippen MR) is 169 cm³/mol. The van der Waals surface area contributed by atoms with E-state index in [9.17, 15) is 0 Å². The number of para-hydroxylation sites is 1. The van der Waals surface area contributed by atoms with Crippen LogP contribution in [0.3, 0.4) is 0 Å². The van der Waals surface area contributed by atoms with Crippen LogP contribution in [0, 0.1) is 12.1 Å². The summed E-state index contributed by atoms with van der Waals surface area (Å²) >= 11 is 0. The summed E-state index contributed by atoms with van der Waals surface area (Å²) in [5, 5.41) is 7.40. The topological polar surface area (TPSA) is 40.6 Å². The van der Waals surface area contributed by atoms with E-state index in [0.29, 0.717) is 0 Å². The summed E-state index contributed by atoms with van der Waals surface area (Å²) in [6.07, 6.45) is 5.87. The first kappa shape index (κ1) is 26.9. The van der Waals surface area contributed by atoms with Gasteiger partial charge in [-0.25, -0.2) is 0 Å². The van der Waals surface area contributed by atoms with Crippen molar-refractivity contribution < 1.29 is 21.1 Å². The smallest absolute Gasteiger partial charge is 0.373 e. The molecule has 208 valence electrons. The van der Waals surface area contributed by atoms with Gasteiger partial charge in [-0.2, -0.15) is 11.2 Å². The number of hydrogen-bond acceptors (Lipinski definition) is 2. The summed E-state index contributed by atoms with van der Waals surface area (Å²) in [4.78, 5) is 4.55. The SMILES string of the molecule is Cn1ccnc1-c1[c-]c(-n2c3[c-]c(-n4cc(-c5ccccc5)c(-c5ccccc5)n4)ccc3c3ccccc32)ccc1.[Pt+2]. The molecule has 0 aliphatic rings. The van der Waals surface area contributed by atoms with E-state index in [2.05, 4.69) is 131 Å². The molecule has 0 aliphatic carbocycles. The molecule has 43 heavy (non-hydrogen) atoms. The van der Waals surface area contributed by atoms with Gasteiger partial charge in [0.05, 0.1) is 5.82 Å². The van der Waals surface area contributed by atoms with Crippen LogP contribution in [0.2, 0.25) is 0 Å². The maximum atomic E-state index is 5.11. The quantitative estimate of drug-likeness (QED) is 0.167. The Morgan fingerprint density at radius 1 is 0.651 bits per heavy atom. The molecule has 3 aromatic heterocycles. The minimum atomic E-state index is 0. The van der Waals surface area contributed by atoms with E-state index in [0.717, 1.165) is 61.6 Å². The van der Waals surface area contributed by atoms with Crippen molar-refractivity contribution in [2.75, 3.05) is 0 Å². The second-order valence-corrected chi connectivity index (χ2v) is 10.3. The zero-order valence-corrected chi connectivity index (χ0v) is 25.5. The van der Waals surface area contributed by atoms with Crippen molar-refractivity contribution in [2.45, 2.75) is 0 Å². The summed E-state index contributed by atoms with van der Waals surface area (Å²) in [5.74, 6) is 0.876. The van der Waals surface area contributed by atoms with Crippen LogP contribution in [0.4, 0.5) is 0 Å². The van der Waals surface area contributed by atoms with E-state index >= 15 is 0 Å². The van der Waals surface area contributed by atoms with E-state index < -0.39 is 0 Å². The average molecular weight is 735 g/mol. The second-order valence-electron chi connectivity index (χ2n) is 10.3. The van der Waals surface area contributed by atoms with Crippen LogP contribution in [0.25, 0.3) is 67.0 Å². The van der Waals surface area contributed by atoms with E-state index in [1.807, 2.05) is 40.8 Å². The Labute approximate surface area is 263 Å². The van der Waals surface area contributed by atoms with Crippen LogP contribution >= 0.6 is 0 Å². The molecule has 0 unspecified atom stereocenters. The van der Waals surface area contributed by atoms with Crippen molar-refractivity contribution in [1.82, 2.24) is 23.9 Å². The first-order valence-electron chi connectivity index (χ1n) is 13.9. The summed E-state index contributed by atoms with van der Waals surface area (Å²) in [6.45, 7) is 0. The molecule has 0 N–H and O–H groups in total. The largest absolute Gasteiger partial charge is 2.00 e. The summed E-state index contributed by atoms with van der Waals surface area (Å²) in [7, 11) is 2.00. The molecular formula is C37H25N5Pt. The number of hydrogen-bond donors (Lipinski definition) is 0. The number of fused-ring (bicyclic) bond motifs is 3. The molecule has 5 nitrogen and oxygen atoms in total. The number of nitrogens with zero attached hydrogens (tertiary/aromatic N) is 5. The molecule has 0 fully saturated rings. The van der Waals surface area contributed by atoms with Crippen LogP contribution in [0.5, 0.6) is 0 Å². The number of rotatable bonds is 5. The summed E-state index contributed by atoms with van der Waals surface area (Å²) < 4.78 is 6.19.